The van der Waals surface area contributed by atoms with Crippen LogP contribution in [-0.4, -0.2) is 46.7 Å². The van der Waals surface area contributed by atoms with Crippen LogP contribution in [0.5, 0.6) is 5.75 Å². The molecule has 1 heterocycles. The van der Waals surface area contributed by atoms with E-state index in [-0.39, 0.29) is 16.5 Å². The van der Waals surface area contributed by atoms with Gasteiger partial charge in [0.1, 0.15) is 5.75 Å². The van der Waals surface area contributed by atoms with Gasteiger partial charge in [0, 0.05) is 26.2 Å². The molecule has 0 aliphatic carbocycles. The predicted octanol–water partition coefficient (Wildman–Crippen LogP) is 2.66. The fourth-order valence-corrected chi connectivity index (χ4v) is 4.31. The summed E-state index contributed by atoms with van der Waals surface area (Å²) in [5.41, 5.74) is 2.06. The number of benzene rings is 2. The zero-order valence-corrected chi connectivity index (χ0v) is 16.7. The minimum absolute atomic E-state index is 0.110. The Labute approximate surface area is 165 Å². The van der Waals surface area contributed by atoms with Crippen molar-refractivity contribution in [3.8, 4) is 5.75 Å². The van der Waals surface area contributed by atoms with Gasteiger partial charge in [-0.15, -0.1) is 0 Å². The Hall–Kier alpha value is -1.64. The van der Waals surface area contributed by atoms with Crippen molar-refractivity contribution in [3.63, 3.8) is 0 Å². The van der Waals surface area contributed by atoms with Crippen LogP contribution < -0.4 is 9.46 Å². The van der Waals surface area contributed by atoms with E-state index < -0.39 is 10.0 Å². The highest BCUT2D eigenvalue weighted by molar-refractivity contribution is 7.89. The summed E-state index contributed by atoms with van der Waals surface area (Å²) in [7, 11) is -2.19. The molecule has 8 heteroatoms. The first kappa shape index (κ1) is 20.1. The zero-order valence-electron chi connectivity index (χ0n) is 15.2. The molecule has 0 radical (unpaired) electrons. The maximum atomic E-state index is 12.6. The summed E-state index contributed by atoms with van der Waals surface area (Å²) in [5.74, 6) is 0.437. The largest absolute Gasteiger partial charge is 0.495 e. The second kappa shape index (κ2) is 9.03. The van der Waals surface area contributed by atoms with Crippen LogP contribution in [0.4, 0.5) is 0 Å². The Morgan fingerprint density at radius 1 is 1.15 bits per heavy atom. The van der Waals surface area contributed by atoms with Crippen molar-refractivity contribution in [1.29, 1.82) is 0 Å². The van der Waals surface area contributed by atoms with Crippen LogP contribution in [0.3, 0.4) is 0 Å². The van der Waals surface area contributed by atoms with E-state index in [1.165, 1.54) is 19.2 Å². The SMILES string of the molecule is COc1ccc(S(=O)(=O)NCc2ccccc2CN2CCOCC2)cc1Cl. The molecule has 0 spiro atoms. The third-order valence-corrected chi connectivity index (χ3v) is 6.20. The molecule has 1 N–H and O–H groups in total. The molecule has 2 aromatic carbocycles. The van der Waals surface area contributed by atoms with Crippen LogP contribution in [0.25, 0.3) is 0 Å². The quantitative estimate of drug-likeness (QED) is 0.760. The minimum atomic E-state index is -3.68. The fourth-order valence-electron chi connectivity index (χ4n) is 2.95. The Morgan fingerprint density at radius 3 is 2.52 bits per heavy atom. The average Bonchev–Trinajstić information content (AvgIpc) is 2.68. The Balaban J connectivity index is 1.71. The highest BCUT2D eigenvalue weighted by atomic mass is 35.5. The van der Waals surface area contributed by atoms with Gasteiger partial charge < -0.3 is 9.47 Å². The maximum Gasteiger partial charge on any atom is 0.240 e. The molecule has 0 amide bonds. The number of rotatable bonds is 7. The Morgan fingerprint density at radius 2 is 1.85 bits per heavy atom. The monoisotopic (exact) mass is 410 g/mol. The molecule has 0 unspecified atom stereocenters. The first-order valence-corrected chi connectivity index (χ1v) is 10.6. The van der Waals surface area contributed by atoms with Crippen LogP contribution in [0.1, 0.15) is 11.1 Å². The summed E-state index contributed by atoms with van der Waals surface area (Å²) in [6.45, 7) is 4.21. The van der Waals surface area contributed by atoms with Gasteiger partial charge in [-0.25, -0.2) is 13.1 Å². The van der Waals surface area contributed by atoms with E-state index in [4.69, 9.17) is 21.1 Å². The number of halogens is 1. The Bertz CT molecular complexity index is 883. The molecule has 0 atom stereocenters. The van der Waals surface area contributed by atoms with E-state index in [0.29, 0.717) is 5.75 Å². The second-order valence-corrected chi connectivity index (χ2v) is 8.45. The second-order valence-electron chi connectivity index (χ2n) is 6.28. The van der Waals surface area contributed by atoms with Crippen LogP contribution in [-0.2, 0) is 27.8 Å². The number of sulfonamides is 1. The molecule has 6 nitrogen and oxygen atoms in total. The molecular formula is C19H23ClN2O4S. The predicted molar refractivity (Wildman–Crippen MR) is 105 cm³/mol. The van der Waals surface area contributed by atoms with E-state index in [2.05, 4.69) is 9.62 Å². The highest BCUT2D eigenvalue weighted by Crippen LogP contribution is 2.27. The summed E-state index contributed by atoms with van der Waals surface area (Å²) in [6, 6.07) is 12.3. The van der Waals surface area contributed by atoms with Gasteiger partial charge in [-0.3, -0.25) is 4.90 Å². The standard InChI is InChI=1S/C19H23ClN2O4S/c1-25-19-7-6-17(12-18(19)20)27(23,24)21-13-15-4-2-3-5-16(15)14-22-8-10-26-11-9-22/h2-7,12,21H,8-11,13-14H2,1H3. The lowest BCUT2D eigenvalue weighted by molar-refractivity contribution is 0.0341. The average molecular weight is 411 g/mol. The molecule has 2 aromatic rings. The third-order valence-electron chi connectivity index (χ3n) is 4.50. The molecule has 1 fully saturated rings. The summed E-state index contributed by atoms with van der Waals surface area (Å²) >= 11 is 6.05. The van der Waals surface area contributed by atoms with Gasteiger partial charge >= 0.3 is 0 Å². The summed E-state index contributed by atoms with van der Waals surface area (Å²) < 4.78 is 38.4. The van der Waals surface area contributed by atoms with Crippen molar-refractivity contribution in [2.45, 2.75) is 18.0 Å². The van der Waals surface area contributed by atoms with Crippen LogP contribution in [0, 0.1) is 0 Å². The number of morpholine rings is 1. The molecule has 27 heavy (non-hydrogen) atoms. The van der Waals surface area contributed by atoms with E-state index in [9.17, 15) is 8.42 Å². The molecule has 0 saturated carbocycles. The van der Waals surface area contributed by atoms with Crippen molar-refractivity contribution in [2.75, 3.05) is 33.4 Å². The van der Waals surface area contributed by atoms with Crippen molar-refractivity contribution in [3.05, 3.63) is 58.6 Å². The topological polar surface area (TPSA) is 67.9 Å². The lowest BCUT2D eigenvalue weighted by atomic mass is 10.1. The molecule has 1 aliphatic rings. The molecule has 0 bridgehead atoms. The molecule has 3 rings (SSSR count). The van der Waals surface area contributed by atoms with Crippen LogP contribution in [0.15, 0.2) is 47.4 Å². The van der Waals surface area contributed by atoms with E-state index in [1.54, 1.807) is 6.07 Å². The van der Waals surface area contributed by atoms with Gasteiger partial charge in [-0.05, 0) is 29.3 Å². The number of nitrogens with one attached hydrogen (secondary N) is 1. The van der Waals surface area contributed by atoms with E-state index in [0.717, 1.165) is 44.0 Å². The lowest BCUT2D eigenvalue weighted by Crippen LogP contribution is -2.36. The molecule has 1 aliphatic heterocycles. The number of hydrogen-bond acceptors (Lipinski definition) is 5. The number of methoxy groups -OCH3 is 1. The van der Waals surface area contributed by atoms with Gasteiger partial charge in [0.05, 0.1) is 30.2 Å². The molecule has 0 aromatic heterocycles. The van der Waals surface area contributed by atoms with Gasteiger partial charge in [0.25, 0.3) is 0 Å². The normalized spacial score (nSPS) is 15.6. The number of nitrogens with zero attached hydrogens (tertiary/aromatic N) is 1. The fraction of sp³-hybridized carbons (Fsp3) is 0.368. The highest BCUT2D eigenvalue weighted by Gasteiger charge is 2.17. The lowest BCUT2D eigenvalue weighted by Gasteiger charge is -2.27. The minimum Gasteiger partial charge on any atom is -0.495 e. The van der Waals surface area contributed by atoms with Crippen molar-refractivity contribution < 1.29 is 17.9 Å². The van der Waals surface area contributed by atoms with Crippen molar-refractivity contribution in [2.24, 2.45) is 0 Å². The maximum absolute atomic E-state index is 12.6. The Kier molecular flexibility index (Phi) is 6.73. The molecule has 146 valence electrons. The van der Waals surface area contributed by atoms with E-state index >= 15 is 0 Å². The van der Waals surface area contributed by atoms with Gasteiger partial charge in [0.2, 0.25) is 10.0 Å². The third kappa shape index (κ3) is 5.21. The smallest absolute Gasteiger partial charge is 0.240 e. The van der Waals surface area contributed by atoms with Crippen molar-refractivity contribution in [1.82, 2.24) is 9.62 Å². The van der Waals surface area contributed by atoms with Crippen molar-refractivity contribution >= 4 is 21.6 Å². The van der Waals surface area contributed by atoms with Gasteiger partial charge in [0.15, 0.2) is 0 Å². The van der Waals surface area contributed by atoms with Gasteiger partial charge in [-0.1, -0.05) is 35.9 Å². The number of ether oxygens (including phenoxy) is 2. The van der Waals surface area contributed by atoms with Crippen LogP contribution >= 0.6 is 11.6 Å². The molecule has 1 saturated heterocycles. The number of hydrogen-bond donors (Lipinski definition) is 1. The first-order valence-electron chi connectivity index (χ1n) is 8.70. The van der Waals surface area contributed by atoms with Crippen LogP contribution in [0.2, 0.25) is 5.02 Å². The first-order chi connectivity index (χ1) is 13.0. The summed E-state index contributed by atoms with van der Waals surface area (Å²) in [4.78, 5) is 2.42. The summed E-state index contributed by atoms with van der Waals surface area (Å²) in [6.07, 6.45) is 0. The molecular weight excluding hydrogens is 388 g/mol. The van der Waals surface area contributed by atoms with E-state index in [1.807, 2.05) is 24.3 Å². The summed E-state index contributed by atoms with van der Waals surface area (Å²) in [5, 5.41) is 0.257. The zero-order chi connectivity index (χ0) is 19.3. The van der Waals surface area contributed by atoms with Gasteiger partial charge in [-0.2, -0.15) is 0 Å².